The van der Waals surface area contributed by atoms with Gasteiger partial charge in [0.1, 0.15) is 9.76 Å². The summed E-state index contributed by atoms with van der Waals surface area (Å²) in [6.45, 7) is 4.57. The molecule has 3 heteroatoms. The van der Waals surface area contributed by atoms with Gasteiger partial charge >= 0.3 is 0 Å². The van der Waals surface area contributed by atoms with Crippen LogP contribution >= 0.6 is 0 Å². The van der Waals surface area contributed by atoms with E-state index in [1.807, 2.05) is 0 Å². The van der Waals surface area contributed by atoms with Gasteiger partial charge in [-0.2, -0.15) is 0 Å². The van der Waals surface area contributed by atoms with Crippen LogP contribution < -0.4 is 0 Å². The Morgan fingerprint density at radius 1 is 1.25 bits per heavy atom. The molecule has 1 nitrogen and oxygen atoms in total. The molecule has 0 aromatic carbocycles. The van der Waals surface area contributed by atoms with Gasteiger partial charge in [0.2, 0.25) is 0 Å². The van der Waals surface area contributed by atoms with Gasteiger partial charge in [0.25, 0.3) is 0 Å². The monoisotopic (exact) mass is 202 g/mol. The first-order chi connectivity index (χ1) is 5.79. The summed E-state index contributed by atoms with van der Waals surface area (Å²) in [5.74, 6) is 1.05. The Balaban J connectivity index is 1.98. The second-order valence-electron chi connectivity index (χ2n) is 4.21. The zero-order valence-corrected chi connectivity index (χ0v) is 11.1. The van der Waals surface area contributed by atoms with Crippen molar-refractivity contribution in [3.8, 4) is 0 Å². The van der Waals surface area contributed by atoms with Crippen molar-refractivity contribution < 1.29 is 4.12 Å². The Morgan fingerprint density at radius 3 is 2.50 bits per heavy atom. The van der Waals surface area contributed by atoms with Crippen LogP contribution in [0, 0.1) is 5.92 Å². The lowest BCUT2D eigenvalue weighted by molar-refractivity contribution is 0.378. The van der Waals surface area contributed by atoms with Gasteiger partial charge in [-0.05, 0) is 25.1 Å². The van der Waals surface area contributed by atoms with E-state index in [9.17, 15) is 0 Å². The van der Waals surface area contributed by atoms with Crippen LogP contribution in [-0.2, 0) is 4.12 Å². The molecule has 0 radical (unpaired) electrons. The quantitative estimate of drug-likeness (QED) is 0.634. The maximum atomic E-state index is 5.82. The number of hydrogen-bond acceptors (Lipinski definition) is 1. The molecular formula is C9H22OSi2. The molecule has 1 rings (SSSR count). The molecule has 0 unspecified atom stereocenters. The summed E-state index contributed by atoms with van der Waals surface area (Å²) in [7, 11) is -0.800. The van der Waals surface area contributed by atoms with Gasteiger partial charge in [-0.1, -0.05) is 32.1 Å². The standard InChI is InChI=1S/C9H22OSi2/c1-12(2)10-11-8-9-6-4-3-5-7-9/h9,12H,3-8,11H2,1-2H3. The highest BCUT2D eigenvalue weighted by Gasteiger charge is 2.13. The van der Waals surface area contributed by atoms with Crippen molar-refractivity contribution in [3.05, 3.63) is 0 Å². The van der Waals surface area contributed by atoms with Gasteiger partial charge in [0.05, 0.1) is 0 Å². The zero-order chi connectivity index (χ0) is 8.81. The van der Waals surface area contributed by atoms with Gasteiger partial charge < -0.3 is 4.12 Å². The molecule has 0 amide bonds. The van der Waals surface area contributed by atoms with E-state index in [1.165, 1.54) is 38.1 Å². The van der Waals surface area contributed by atoms with Crippen LogP contribution in [-0.4, -0.2) is 18.8 Å². The van der Waals surface area contributed by atoms with Crippen molar-refractivity contribution in [1.82, 2.24) is 0 Å². The zero-order valence-electron chi connectivity index (χ0n) is 8.51. The van der Waals surface area contributed by atoms with E-state index < -0.39 is 9.04 Å². The summed E-state index contributed by atoms with van der Waals surface area (Å²) in [5.41, 5.74) is 0. The minimum Gasteiger partial charge on any atom is -0.463 e. The van der Waals surface area contributed by atoms with Crippen molar-refractivity contribution in [2.75, 3.05) is 0 Å². The second kappa shape index (κ2) is 5.94. The Morgan fingerprint density at radius 2 is 1.92 bits per heavy atom. The third kappa shape index (κ3) is 4.43. The molecule has 1 aliphatic rings. The lowest BCUT2D eigenvalue weighted by Crippen LogP contribution is -2.15. The highest BCUT2D eigenvalue weighted by Crippen LogP contribution is 2.26. The molecule has 1 fully saturated rings. The molecule has 12 heavy (non-hydrogen) atoms. The van der Waals surface area contributed by atoms with Crippen molar-refractivity contribution in [1.29, 1.82) is 0 Å². The van der Waals surface area contributed by atoms with Crippen molar-refractivity contribution >= 4 is 18.8 Å². The van der Waals surface area contributed by atoms with Crippen LogP contribution in [0.5, 0.6) is 0 Å². The van der Waals surface area contributed by atoms with Gasteiger partial charge in [-0.3, -0.25) is 0 Å². The predicted octanol–water partition coefficient (Wildman–Crippen LogP) is 2.07. The van der Waals surface area contributed by atoms with Crippen LogP contribution in [0.15, 0.2) is 0 Å². The summed E-state index contributed by atoms with van der Waals surface area (Å²) in [6, 6.07) is 1.46. The summed E-state index contributed by atoms with van der Waals surface area (Å²) in [5, 5.41) is 0. The molecule has 1 saturated carbocycles. The maximum Gasteiger partial charge on any atom is 0.156 e. The highest BCUT2D eigenvalue weighted by molar-refractivity contribution is 6.56. The lowest BCUT2D eigenvalue weighted by Gasteiger charge is -2.21. The molecule has 0 aromatic heterocycles. The first-order valence-corrected chi connectivity index (χ1v) is 9.76. The summed E-state index contributed by atoms with van der Waals surface area (Å²) in [4.78, 5) is 0. The van der Waals surface area contributed by atoms with E-state index in [1.54, 1.807) is 0 Å². The van der Waals surface area contributed by atoms with Crippen LogP contribution in [0.3, 0.4) is 0 Å². The van der Waals surface area contributed by atoms with E-state index in [-0.39, 0.29) is 9.76 Å². The molecule has 72 valence electrons. The Kier molecular flexibility index (Phi) is 5.19. The Hall–Kier alpha value is 0.394. The van der Waals surface area contributed by atoms with E-state index in [4.69, 9.17) is 4.12 Å². The maximum absolute atomic E-state index is 5.82. The van der Waals surface area contributed by atoms with E-state index >= 15 is 0 Å². The SMILES string of the molecule is C[SiH](C)O[SiH2]CC1CCCCC1. The van der Waals surface area contributed by atoms with Gasteiger partial charge in [-0.25, -0.2) is 0 Å². The molecule has 0 bridgehead atoms. The first kappa shape index (κ1) is 10.5. The van der Waals surface area contributed by atoms with Crippen molar-refractivity contribution in [2.45, 2.75) is 51.2 Å². The Labute approximate surface area is 80.6 Å². The van der Waals surface area contributed by atoms with E-state index in [2.05, 4.69) is 13.1 Å². The smallest absolute Gasteiger partial charge is 0.156 e. The fraction of sp³-hybridized carbons (Fsp3) is 1.00. The fourth-order valence-electron chi connectivity index (χ4n) is 1.95. The summed E-state index contributed by atoms with van der Waals surface area (Å²) < 4.78 is 5.82. The number of rotatable bonds is 4. The van der Waals surface area contributed by atoms with E-state index in [0.717, 1.165) is 5.92 Å². The van der Waals surface area contributed by atoms with Crippen LogP contribution in [0.25, 0.3) is 0 Å². The lowest BCUT2D eigenvalue weighted by atomic mass is 9.91. The van der Waals surface area contributed by atoms with Crippen LogP contribution in [0.1, 0.15) is 32.1 Å². The van der Waals surface area contributed by atoms with Gasteiger partial charge in [0.15, 0.2) is 9.04 Å². The molecule has 0 N–H and O–H groups in total. The average molecular weight is 202 g/mol. The van der Waals surface area contributed by atoms with Crippen LogP contribution in [0.4, 0.5) is 0 Å². The topological polar surface area (TPSA) is 9.23 Å². The molecule has 0 spiro atoms. The number of hydrogen-bond donors (Lipinski definition) is 0. The van der Waals surface area contributed by atoms with Crippen molar-refractivity contribution in [3.63, 3.8) is 0 Å². The molecule has 0 atom stereocenters. The fourth-order valence-corrected chi connectivity index (χ4v) is 5.29. The largest absolute Gasteiger partial charge is 0.463 e. The third-order valence-electron chi connectivity index (χ3n) is 2.70. The van der Waals surface area contributed by atoms with E-state index in [0.29, 0.717) is 0 Å². The molecule has 1 aliphatic carbocycles. The molecule has 0 heterocycles. The average Bonchev–Trinajstić information content (AvgIpc) is 2.05. The first-order valence-electron chi connectivity index (χ1n) is 5.40. The molecule has 0 saturated heterocycles. The van der Waals surface area contributed by atoms with Crippen molar-refractivity contribution in [2.24, 2.45) is 5.92 Å². The van der Waals surface area contributed by atoms with Gasteiger partial charge in [0, 0.05) is 0 Å². The third-order valence-corrected chi connectivity index (χ3v) is 7.36. The minimum atomic E-state index is -0.681. The Bertz CT molecular complexity index is 111. The highest BCUT2D eigenvalue weighted by atomic mass is 28.3. The summed E-state index contributed by atoms with van der Waals surface area (Å²) in [6.07, 6.45) is 7.44. The predicted molar refractivity (Wildman–Crippen MR) is 59.9 cm³/mol. The molecular weight excluding hydrogens is 180 g/mol. The summed E-state index contributed by atoms with van der Waals surface area (Å²) >= 11 is 0. The van der Waals surface area contributed by atoms with Gasteiger partial charge in [-0.15, -0.1) is 0 Å². The normalized spacial score (nSPS) is 21.2. The second-order valence-corrected chi connectivity index (χ2v) is 8.63. The molecule has 0 aromatic rings. The molecule has 0 aliphatic heterocycles. The van der Waals surface area contributed by atoms with Crippen LogP contribution in [0.2, 0.25) is 19.1 Å². The minimum absolute atomic E-state index is 0.119.